The van der Waals surface area contributed by atoms with Crippen molar-refractivity contribution >= 4 is 21.6 Å². The van der Waals surface area contributed by atoms with Gasteiger partial charge in [-0.05, 0) is 102 Å². The Bertz CT molecular complexity index is 487. The van der Waals surface area contributed by atoms with Gasteiger partial charge in [-0.15, -0.1) is 0 Å². The molecule has 4 aliphatic carbocycles. The Balaban J connectivity index is 1.49. The third-order valence-electron chi connectivity index (χ3n) is 5.94. The molecule has 0 aromatic heterocycles. The molecule has 4 aliphatic rings. The lowest BCUT2D eigenvalue weighted by Gasteiger charge is -2.57. The fourth-order valence-corrected chi connectivity index (χ4v) is 6.19. The fraction of sp³-hybridized carbons (Fsp3) is 0.667. The molecule has 0 saturated heterocycles. The smallest absolute Gasteiger partial charge is 0.0485 e. The first-order chi connectivity index (χ1) is 9.62. The number of rotatable bonds is 3. The standard InChI is InChI=1S/C18H24BrN/c1-12-2-3-17(16(19)4-12)20-11-18-8-13-5-14(9-18)7-15(6-13)10-18/h2-4,13-15,20H,5-11H2,1H3. The molecule has 1 nitrogen and oxygen atoms in total. The molecule has 0 radical (unpaired) electrons. The molecule has 1 N–H and O–H groups in total. The molecule has 1 aromatic carbocycles. The lowest BCUT2D eigenvalue weighted by molar-refractivity contribution is -0.0444. The number of hydrogen-bond donors (Lipinski definition) is 1. The quantitative estimate of drug-likeness (QED) is 0.782. The first-order valence-corrected chi connectivity index (χ1v) is 8.91. The van der Waals surface area contributed by atoms with E-state index in [0.29, 0.717) is 5.41 Å². The van der Waals surface area contributed by atoms with E-state index in [9.17, 15) is 0 Å². The molecule has 20 heavy (non-hydrogen) atoms. The van der Waals surface area contributed by atoms with Crippen molar-refractivity contribution < 1.29 is 0 Å². The van der Waals surface area contributed by atoms with Gasteiger partial charge in [0.25, 0.3) is 0 Å². The predicted octanol–water partition coefficient (Wildman–Crippen LogP) is 5.39. The van der Waals surface area contributed by atoms with Crippen LogP contribution in [0.3, 0.4) is 0 Å². The molecular weight excluding hydrogens is 310 g/mol. The minimum atomic E-state index is 0.610. The second-order valence-corrected chi connectivity index (χ2v) is 8.61. The van der Waals surface area contributed by atoms with Gasteiger partial charge in [0, 0.05) is 16.7 Å². The first-order valence-electron chi connectivity index (χ1n) is 8.12. The molecule has 0 heterocycles. The van der Waals surface area contributed by atoms with E-state index in [1.165, 1.54) is 60.8 Å². The molecular formula is C18H24BrN. The molecule has 0 amide bonds. The Morgan fingerprint density at radius 2 is 1.70 bits per heavy atom. The summed E-state index contributed by atoms with van der Waals surface area (Å²) in [7, 11) is 0. The molecule has 2 heteroatoms. The molecule has 108 valence electrons. The van der Waals surface area contributed by atoms with Crippen LogP contribution < -0.4 is 5.32 Å². The van der Waals surface area contributed by atoms with Crippen molar-refractivity contribution in [3.63, 3.8) is 0 Å². The summed E-state index contributed by atoms with van der Waals surface area (Å²) >= 11 is 3.70. The normalized spacial score (nSPS) is 38.2. The van der Waals surface area contributed by atoms with Gasteiger partial charge in [-0.1, -0.05) is 6.07 Å². The predicted molar refractivity (Wildman–Crippen MR) is 88.0 cm³/mol. The minimum absolute atomic E-state index is 0.610. The van der Waals surface area contributed by atoms with Crippen LogP contribution >= 0.6 is 15.9 Å². The second-order valence-electron chi connectivity index (χ2n) is 7.75. The van der Waals surface area contributed by atoms with Crippen LogP contribution in [0.25, 0.3) is 0 Å². The largest absolute Gasteiger partial charge is 0.384 e. The highest BCUT2D eigenvalue weighted by Crippen LogP contribution is 2.59. The van der Waals surface area contributed by atoms with Gasteiger partial charge in [-0.25, -0.2) is 0 Å². The maximum atomic E-state index is 3.75. The van der Waals surface area contributed by atoms with Gasteiger partial charge in [0.2, 0.25) is 0 Å². The van der Waals surface area contributed by atoms with Crippen molar-refractivity contribution in [2.24, 2.45) is 23.2 Å². The third kappa shape index (κ3) is 2.30. The van der Waals surface area contributed by atoms with Gasteiger partial charge in [0.05, 0.1) is 0 Å². The molecule has 1 aromatic rings. The SMILES string of the molecule is Cc1ccc(NCC23CC4CC(CC(C4)C2)C3)c(Br)c1. The Hall–Kier alpha value is -0.500. The van der Waals surface area contributed by atoms with Crippen LogP contribution in [0.1, 0.15) is 44.1 Å². The van der Waals surface area contributed by atoms with Gasteiger partial charge in [-0.2, -0.15) is 0 Å². The minimum Gasteiger partial charge on any atom is -0.384 e. The fourth-order valence-electron chi connectivity index (χ4n) is 5.55. The van der Waals surface area contributed by atoms with E-state index in [4.69, 9.17) is 0 Å². The van der Waals surface area contributed by atoms with Gasteiger partial charge >= 0.3 is 0 Å². The number of aryl methyl sites for hydroxylation is 1. The number of hydrogen-bond acceptors (Lipinski definition) is 1. The van der Waals surface area contributed by atoms with E-state index in [-0.39, 0.29) is 0 Å². The van der Waals surface area contributed by atoms with Gasteiger partial charge in [0.1, 0.15) is 0 Å². The topological polar surface area (TPSA) is 12.0 Å². The van der Waals surface area contributed by atoms with Crippen molar-refractivity contribution in [2.75, 3.05) is 11.9 Å². The van der Waals surface area contributed by atoms with E-state index >= 15 is 0 Å². The lowest BCUT2D eigenvalue weighted by atomic mass is 9.49. The summed E-state index contributed by atoms with van der Waals surface area (Å²) in [5, 5.41) is 3.75. The monoisotopic (exact) mass is 333 g/mol. The maximum absolute atomic E-state index is 3.75. The number of halogens is 1. The van der Waals surface area contributed by atoms with Crippen molar-refractivity contribution in [1.82, 2.24) is 0 Å². The van der Waals surface area contributed by atoms with E-state index in [2.05, 4.69) is 46.4 Å². The van der Waals surface area contributed by atoms with Crippen molar-refractivity contribution in [1.29, 1.82) is 0 Å². The highest BCUT2D eigenvalue weighted by molar-refractivity contribution is 9.10. The van der Waals surface area contributed by atoms with Crippen LogP contribution in [0, 0.1) is 30.1 Å². The number of anilines is 1. The summed E-state index contributed by atoms with van der Waals surface area (Å²) in [4.78, 5) is 0. The second kappa shape index (κ2) is 4.76. The molecule has 4 fully saturated rings. The van der Waals surface area contributed by atoms with Crippen molar-refractivity contribution in [3.8, 4) is 0 Å². The van der Waals surface area contributed by atoms with Gasteiger partial charge in [-0.3, -0.25) is 0 Å². The summed E-state index contributed by atoms with van der Waals surface area (Å²) < 4.78 is 1.21. The van der Waals surface area contributed by atoms with E-state index < -0.39 is 0 Å². The average Bonchev–Trinajstić information content (AvgIpc) is 2.36. The third-order valence-corrected chi connectivity index (χ3v) is 6.60. The van der Waals surface area contributed by atoms with Crippen LogP contribution in [0.15, 0.2) is 22.7 Å². The van der Waals surface area contributed by atoms with Gasteiger partial charge in [0.15, 0.2) is 0 Å². The Morgan fingerprint density at radius 1 is 1.10 bits per heavy atom. The van der Waals surface area contributed by atoms with Gasteiger partial charge < -0.3 is 5.32 Å². The molecule has 0 aliphatic heterocycles. The van der Waals surface area contributed by atoms with E-state index in [1.807, 2.05) is 0 Å². The van der Waals surface area contributed by atoms with E-state index in [1.54, 1.807) is 0 Å². The zero-order chi connectivity index (χ0) is 13.7. The molecule has 0 unspecified atom stereocenters. The number of nitrogens with one attached hydrogen (secondary N) is 1. The zero-order valence-corrected chi connectivity index (χ0v) is 13.9. The summed E-state index contributed by atoms with van der Waals surface area (Å²) in [6.45, 7) is 3.33. The Labute approximate surface area is 130 Å². The van der Waals surface area contributed by atoms with Crippen LogP contribution in [-0.2, 0) is 0 Å². The molecule has 5 rings (SSSR count). The van der Waals surface area contributed by atoms with Crippen LogP contribution in [0.2, 0.25) is 0 Å². The zero-order valence-electron chi connectivity index (χ0n) is 12.3. The number of benzene rings is 1. The van der Waals surface area contributed by atoms with Crippen LogP contribution in [0.4, 0.5) is 5.69 Å². The highest BCUT2D eigenvalue weighted by Gasteiger charge is 2.50. The lowest BCUT2D eigenvalue weighted by Crippen LogP contribution is -2.49. The van der Waals surface area contributed by atoms with Crippen molar-refractivity contribution in [2.45, 2.75) is 45.4 Å². The van der Waals surface area contributed by atoms with E-state index in [0.717, 1.165) is 17.8 Å². The van der Waals surface area contributed by atoms with Crippen LogP contribution in [-0.4, -0.2) is 6.54 Å². The molecule has 0 atom stereocenters. The highest BCUT2D eigenvalue weighted by atomic mass is 79.9. The molecule has 4 saturated carbocycles. The Kier molecular flexibility index (Phi) is 3.14. The molecule has 0 spiro atoms. The average molecular weight is 334 g/mol. The Morgan fingerprint density at radius 3 is 2.25 bits per heavy atom. The van der Waals surface area contributed by atoms with Crippen LogP contribution in [0.5, 0.6) is 0 Å². The molecule has 4 bridgehead atoms. The summed E-state index contributed by atoms with van der Waals surface area (Å²) in [5.74, 6) is 3.14. The van der Waals surface area contributed by atoms with Crippen molar-refractivity contribution in [3.05, 3.63) is 28.2 Å². The summed E-state index contributed by atoms with van der Waals surface area (Å²) in [6.07, 6.45) is 9.05. The summed E-state index contributed by atoms with van der Waals surface area (Å²) in [5.41, 5.74) is 3.20. The maximum Gasteiger partial charge on any atom is 0.0485 e. The first kappa shape index (κ1) is 13.2. The summed E-state index contributed by atoms with van der Waals surface area (Å²) in [6, 6.07) is 6.63.